The molecule has 2 unspecified atom stereocenters. The summed E-state index contributed by atoms with van der Waals surface area (Å²) in [7, 11) is -1.53. The molecular formula is C52H69NO2S5. The molecule has 60 heavy (non-hydrogen) atoms. The fraction of sp³-hybridized carbons (Fsp3) is 0.538. The number of unbranched alkanes of at least 4 members (excludes halogenated alkanes) is 10. The lowest BCUT2D eigenvalue weighted by molar-refractivity contribution is 0.0925. The molecule has 0 spiro atoms. The zero-order valence-electron chi connectivity index (χ0n) is 37.7. The van der Waals surface area contributed by atoms with Gasteiger partial charge in [-0.2, -0.15) is 0 Å². The van der Waals surface area contributed by atoms with Crippen molar-refractivity contribution in [3.8, 4) is 19.5 Å². The van der Waals surface area contributed by atoms with E-state index in [4.69, 9.17) is 0 Å². The number of hydrogen-bond donors (Lipinski definition) is 0. The summed E-state index contributed by atoms with van der Waals surface area (Å²) >= 11 is 7.62. The molecule has 0 bridgehead atoms. The Morgan fingerprint density at radius 2 is 1.25 bits per heavy atom. The monoisotopic (exact) mass is 899 g/mol. The van der Waals surface area contributed by atoms with Crippen molar-refractivity contribution >= 4 is 72.9 Å². The van der Waals surface area contributed by atoms with Crippen LogP contribution in [0.15, 0.2) is 62.5 Å². The molecule has 0 N–H and O–H groups in total. The van der Waals surface area contributed by atoms with Gasteiger partial charge in [-0.1, -0.05) is 138 Å². The zero-order valence-corrected chi connectivity index (χ0v) is 41.8. The van der Waals surface area contributed by atoms with Crippen molar-refractivity contribution in [2.45, 2.75) is 184 Å². The van der Waals surface area contributed by atoms with Gasteiger partial charge in [-0.05, 0) is 98.1 Å². The van der Waals surface area contributed by atoms with Crippen LogP contribution in [0.25, 0.3) is 19.5 Å². The van der Waals surface area contributed by atoms with Gasteiger partial charge in [0.2, 0.25) is 0 Å². The molecule has 0 saturated carbocycles. The van der Waals surface area contributed by atoms with Gasteiger partial charge < -0.3 is 0 Å². The number of carbonyl (C=O) groups excluding carboxylic acids is 2. The van der Waals surface area contributed by atoms with Crippen molar-refractivity contribution in [3.63, 3.8) is 0 Å². The lowest BCUT2D eigenvalue weighted by atomic mass is 9.90. The Morgan fingerprint density at radius 1 is 0.633 bits per heavy atom. The van der Waals surface area contributed by atoms with E-state index >= 15 is 0 Å². The number of aryl methyl sites for hydroxylation is 3. The number of fused-ring (bicyclic) bond motifs is 4. The fourth-order valence-electron chi connectivity index (χ4n) is 9.25. The van der Waals surface area contributed by atoms with Crippen molar-refractivity contribution in [1.82, 2.24) is 0 Å². The molecule has 6 heterocycles. The normalized spacial score (nSPS) is 17.6. The maximum Gasteiger partial charge on any atom is 0.267 e. The molecule has 0 fully saturated rings. The first kappa shape index (κ1) is 45.5. The minimum Gasteiger partial charge on any atom is -0.268 e. The molecule has 2 aliphatic heterocycles. The van der Waals surface area contributed by atoms with Crippen LogP contribution in [-0.4, -0.2) is 17.6 Å². The Bertz CT molecular complexity index is 2240. The molecule has 2 atom stereocenters. The quantitative estimate of drug-likeness (QED) is 0.0513. The van der Waals surface area contributed by atoms with Crippen molar-refractivity contribution in [2.24, 2.45) is 5.92 Å². The standard InChI is InChI=1S/C52H69NO2S5/c1-9-13-16-18-20-21-24-37-26-28-38(29-27-37)53-50(54)44-45(51(53)55)49(52(6,7)8)59-46(44)40-33-42-48(58-40)47-41(32-35(5)56-47)60(42,34-36(12-4)23-15-11-3)43-31-30-39(57-43)25-22-19-17-14-10-2/h26-33,36H,9-25,34H2,1-8H3. The van der Waals surface area contributed by atoms with Gasteiger partial charge in [0.05, 0.1) is 35.7 Å². The van der Waals surface area contributed by atoms with Gasteiger partial charge in [0.25, 0.3) is 11.8 Å². The SMILES string of the molecule is CCCCCCCCc1ccc(N2C(=O)c3c(-c4cc5c(s4)-c4sc(C)cc4S5(CC(CC)CCCC)c4ccc(CCCCCCC)s4)sc(C(C)(C)C)c3C2=O)cc1. The third kappa shape index (κ3) is 9.12. The van der Waals surface area contributed by atoms with Crippen LogP contribution in [0.1, 0.15) is 186 Å². The Morgan fingerprint density at radius 3 is 1.92 bits per heavy atom. The number of rotatable bonds is 22. The van der Waals surface area contributed by atoms with Crippen LogP contribution >= 0.6 is 55.4 Å². The van der Waals surface area contributed by atoms with E-state index in [1.165, 1.54) is 143 Å². The first-order valence-corrected chi connectivity index (χ1v) is 28.3. The molecule has 1 aromatic carbocycles. The van der Waals surface area contributed by atoms with E-state index in [0.29, 0.717) is 22.7 Å². The first-order valence-electron chi connectivity index (χ1n) is 23.3. The Balaban J connectivity index is 1.28. The number of carbonyl (C=O) groups is 2. The van der Waals surface area contributed by atoms with E-state index in [2.05, 4.69) is 103 Å². The van der Waals surface area contributed by atoms with E-state index in [1.807, 2.05) is 34.8 Å². The summed E-state index contributed by atoms with van der Waals surface area (Å²) in [5.74, 6) is 1.48. The second kappa shape index (κ2) is 19.9. The van der Waals surface area contributed by atoms with E-state index in [9.17, 15) is 9.59 Å². The van der Waals surface area contributed by atoms with Gasteiger partial charge in [0.15, 0.2) is 0 Å². The molecule has 324 valence electrons. The van der Waals surface area contributed by atoms with Gasteiger partial charge in [-0.15, -0.1) is 55.4 Å². The lowest BCUT2D eigenvalue weighted by Gasteiger charge is -2.39. The first-order chi connectivity index (χ1) is 29.0. The number of nitrogens with zero attached hydrogens (tertiary/aromatic N) is 1. The summed E-state index contributed by atoms with van der Waals surface area (Å²) in [5, 5.41) is 0. The lowest BCUT2D eigenvalue weighted by Crippen LogP contribution is -2.30. The van der Waals surface area contributed by atoms with Crippen LogP contribution in [0.3, 0.4) is 0 Å². The van der Waals surface area contributed by atoms with Crippen molar-refractivity contribution in [2.75, 3.05) is 10.7 Å². The third-order valence-electron chi connectivity index (χ3n) is 12.7. The van der Waals surface area contributed by atoms with Crippen LogP contribution in [0.5, 0.6) is 0 Å². The number of benzene rings is 1. The number of imide groups is 1. The summed E-state index contributed by atoms with van der Waals surface area (Å²) in [6.07, 6.45) is 21.3. The number of hydrogen-bond acceptors (Lipinski definition) is 6. The van der Waals surface area contributed by atoms with E-state index in [1.54, 1.807) is 20.4 Å². The number of anilines is 1. The van der Waals surface area contributed by atoms with Gasteiger partial charge in [-0.3, -0.25) is 9.59 Å². The maximum atomic E-state index is 14.8. The van der Waals surface area contributed by atoms with Crippen molar-refractivity contribution < 1.29 is 9.59 Å². The van der Waals surface area contributed by atoms with Gasteiger partial charge in [0.1, 0.15) is 0 Å². The maximum absolute atomic E-state index is 14.8. The molecule has 3 nitrogen and oxygen atoms in total. The van der Waals surface area contributed by atoms with E-state index < -0.39 is 10.0 Å². The summed E-state index contributed by atoms with van der Waals surface area (Å²) < 4.78 is 1.56. The minimum atomic E-state index is -1.53. The zero-order chi connectivity index (χ0) is 42.6. The van der Waals surface area contributed by atoms with Gasteiger partial charge >= 0.3 is 0 Å². The molecule has 0 saturated heterocycles. The summed E-state index contributed by atoms with van der Waals surface area (Å²) in [6, 6.07) is 18.2. The predicted molar refractivity (Wildman–Crippen MR) is 266 cm³/mol. The van der Waals surface area contributed by atoms with Gasteiger partial charge in [-0.25, -0.2) is 4.90 Å². The second-order valence-corrected chi connectivity index (χ2v) is 26.3. The molecule has 2 aliphatic rings. The van der Waals surface area contributed by atoms with E-state index in [0.717, 1.165) is 21.1 Å². The highest BCUT2D eigenvalue weighted by atomic mass is 32.3. The molecule has 4 aromatic heterocycles. The van der Waals surface area contributed by atoms with Crippen LogP contribution in [0.2, 0.25) is 0 Å². The number of amides is 2. The summed E-state index contributed by atoms with van der Waals surface area (Å²) in [4.78, 5) is 42.9. The second-order valence-electron chi connectivity index (χ2n) is 18.5. The topological polar surface area (TPSA) is 37.4 Å². The minimum absolute atomic E-state index is 0.172. The van der Waals surface area contributed by atoms with Crippen molar-refractivity contribution in [3.05, 3.63) is 79.9 Å². The molecule has 5 aromatic rings. The molecule has 7 rings (SSSR count). The third-order valence-corrected chi connectivity index (χ3v) is 23.1. The predicted octanol–water partition coefficient (Wildman–Crippen LogP) is 17.9. The number of thiophene rings is 4. The smallest absolute Gasteiger partial charge is 0.267 e. The average molecular weight is 900 g/mol. The highest BCUT2D eigenvalue weighted by Gasteiger charge is 2.48. The van der Waals surface area contributed by atoms with Crippen molar-refractivity contribution in [1.29, 1.82) is 0 Å². The van der Waals surface area contributed by atoms with Crippen LogP contribution in [-0.2, 0) is 18.3 Å². The highest BCUT2D eigenvalue weighted by molar-refractivity contribution is 8.35. The van der Waals surface area contributed by atoms with E-state index in [-0.39, 0.29) is 17.2 Å². The summed E-state index contributed by atoms with van der Waals surface area (Å²) in [6.45, 7) is 18.1. The Hall–Kier alpha value is -2.49. The van der Waals surface area contributed by atoms with Crippen LogP contribution in [0.4, 0.5) is 5.69 Å². The molecule has 8 heteroatoms. The molecule has 0 aliphatic carbocycles. The Kier molecular flexibility index (Phi) is 15.1. The van der Waals surface area contributed by atoms with Gasteiger partial charge in [0, 0.05) is 29.3 Å². The highest BCUT2D eigenvalue weighted by Crippen LogP contribution is 2.80. The summed E-state index contributed by atoms with van der Waals surface area (Å²) in [5.41, 5.74) is 2.90. The largest absolute Gasteiger partial charge is 0.268 e. The fourth-order valence-corrected chi connectivity index (χ4v) is 20.8. The Labute approximate surface area is 379 Å². The average Bonchev–Trinajstić information content (AvgIpc) is 4.08. The van der Waals surface area contributed by atoms with Crippen LogP contribution in [0, 0.1) is 12.8 Å². The van der Waals surface area contributed by atoms with Crippen LogP contribution < -0.4 is 4.90 Å². The molecule has 0 radical (unpaired) electrons. The molecular weight excluding hydrogens is 831 g/mol. The molecule has 2 amide bonds.